The van der Waals surface area contributed by atoms with Crippen LogP contribution in [0.15, 0.2) is 83.7 Å². The predicted octanol–water partition coefficient (Wildman–Crippen LogP) is 3.56. The Morgan fingerprint density at radius 2 is 1.47 bits per heavy atom. The van der Waals surface area contributed by atoms with E-state index in [-0.39, 0.29) is 11.5 Å². The number of carbonyl (C=O) groups excluding carboxylic acids is 1. The van der Waals surface area contributed by atoms with Crippen LogP contribution in [0.3, 0.4) is 0 Å². The van der Waals surface area contributed by atoms with Gasteiger partial charge in [0.2, 0.25) is 0 Å². The van der Waals surface area contributed by atoms with Crippen LogP contribution in [0.1, 0.15) is 10.4 Å². The molecule has 4 aromatic rings. The van der Waals surface area contributed by atoms with Gasteiger partial charge in [0.1, 0.15) is 5.69 Å². The molecule has 0 unspecified atom stereocenters. The molecule has 1 saturated heterocycles. The minimum Gasteiger partial charge on any atom is -0.368 e. The molecule has 5 rings (SSSR count). The molecule has 1 aromatic heterocycles. The highest BCUT2D eigenvalue weighted by Gasteiger charge is 2.22. The highest BCUT2D eigenvalue weighted by Crippen LogP contribution is 2.20. The van der Waals surface area contributed by atoms with Gasteiger partial charge in [-0.2, -0.15) is 0 Å². The Balaban J connectivity index is 1.33. The molecule has 1 amide bonds. The van der Waals surface area contributed by atoms with Crippen LogP contribution in [0.4, 0.5) is 5.69 Å². The van der Waals surface area contributed by atoms with Crippen LogP contribution in [0.5, 0.6) is 0 Å². The quantitative estimate of drug-likeness (QED) is 0.505. The molecular weight excluding hydrogens is 400 g/mol. The van der Waals surface area contributed by atoms with Gasteiger partial charge in [0.05, 0.1) is 11.0 Å². The molecule has 1 aliphatic heterocycles. The van der Waals surface area contributed by atoms with Crippen molar-refractivity contribution in [3.8, 4) is 11.3 Å². The summed E-state index contributed by atoms with van der Waals surface area (Å²) >= 11 is 0. The Bertz CT molecular complexity index is 1320. The number of anilines is 1. The molecule has 0 atom stereocenters. The first-order chi connectivity index (χ1) is 15.6. The number of hydrogen-bond donors (Lipinski definition) is 0. The number of nitrogens with zero attached hydrogens (tertiary/aromatic N) is 4. The largest absolute Gasteiger partial charge is 0.368 e. The van der Waals surface area contributed by atoms with Gasteiger partial charge >= 0.3 is 0 Å². The van der Waals surface area contributed by atoms with E-state index in [0.717, 1.165) is 24.1 Å². The molecule has 2 heterocycles. The van der Waals surface area contributed by atoms with Crippen LogP contribution in [0.25, 0.3) is 22.3 Å². The molecule has 6 nitrogen and oxygen atoms in total. The number of aromatic nitrogens is 2. The molecule has 0 aliphatic carbocycles. The molecule has 0 radical (unpaired) electrons. The molecule has 160 valence electrons. The average molecular weight is 425 g/mol. The summed E-state index contributed by atoms with van der Waals surface area (Å²) in [5.74, 6) is 0.0173. The van der Waals surface area contributed by atoms with Crippen LogP contribution in [-0.2, 0) is 7.05 Å². The van der Waals surface area contributed by atoms with E-state index < -0.39 is 0 Å². The summed E-state index contributed by atoms with van der Waals surface area (Å²) in [4.78, 5) is 34.6. The smallest absolute Gasteiger partial charge is 0.277 e. The van der Waals surface area contributed by atoms with E-state index >= 15 is 0 Å². The highest BCUT2D eigenvalue weighted by atomic mass is 16.2. The average Bonchev–Trinajstić information content (AvgIpc) is 2.86. The van der Waals surface area contributed by atoms with Crippen LogP contribution in [0.2, 0.25) is 0 Å². The number of carbonyl (C=O) groups is 1. The Hall–Kier alpha value is -3.93. The monoisotopic (exact) mass is 424 g/mol. The lowest BCUT2D eigenvalue weighted by Crippen LogP contribution is -2.48. The second-order valence-electron chi connectivity index (χ2n) is 8.01. The maximum absolute atomic E-state index is 13.0. The number of rotatable bonds is 3. The zero-order valence-corrected chi connectivity index (χ0v) is 17.9. The third-order valence-electron chi connectivity index (χ3n) is 6.08. The van der Waals surface area contributed by atoms with Gasteiger partial charge < -0.3 is 14.4 Å². The number of amides is 1. The molecule has 0 N–H and O–H groups in total. The first kappa shape index (κ1) is 20.0. The summed E-state index contributed by atoms with van der Waals surface area (Å²) in [7, 11) is 1.75. The summed E-state index contributed by atoms with van der Waals surface area (Å²) in [6, 6.07) is 25.0. The second kappa shape index (κ2) is 8.30. The Kier molecular flexibility index (Phi) is 5.19. The van der Waals surface area contributed by atoms with Gasteiger partial charge in [0, 0.05) is 50.0 Å². The fraction of sp³-hybridized carbons (Fsp3) is 0.192. The maximum atomic E-state index is 13.0. The second-order valence-corrected chi connectivity index (χ2v) is 8.01. The molecule has 0 bridgehead atoms. The molecule has 1 fully saturated rings. The third-order valence-corrected chi connectivity index (χ3v) is 6.08. The van der Waals surface area contributed by atoms with Crippen LogP contribution in [-0.4, -0.2) is 46.5 Å². The minimum atomic E-state index is -0.153. The molecule has 0 saturated carbocycles. The van der Waals surface area contributed by atoms with Crippen molar-refractivity contribution in [2.75, 3.05) is 31.1 Å². The van der Waals surface area contributed by atoms with E-state index in [2.05, 4.69) is 22.0 Å². The van der Waals surface area contributed by atoms with Crippen molar-refractivity contribution in [2.24, 2.45) is 7.05 Å². The van der Waals surface area contributed by atoms with Gasteiger partial charge in [-0.15, -0.1) is 0 Å². The van der Waals surface area contributed by atoms with E-state index in [1.54, 1.807) is 23.7 Å². The number of aryl methyl sites for hydroxylation is 1. The van der Waals surface area contributed by atoms with E-state index in [1.165, 1.54) is 5.69 Å². The van der Waals surface area contributed by atoms with E-state index in [4.69, 9.17) is 0 Å². The number of fused-ring (bicyclic) bond motifs is 1. The number of piperazine rings is 1. The van der Waals surface area contributed by atoms with E-state index in [0.29, 0.717) is 29.9 Å². The zero-order chi connectivity index (χ0) is 22.1. The molecule has 1 aliphatic rings. The summed E-state index contributed by atoms with van der Waals surface area (Å²) in [6.07, 6.45) is 0. The third kappa shape index (κ3) is 3.64. The topological polar surface area (TPSA) is 58.4 Å². The van der Waals surface area contributed by atoms with Crippen molar-refractivity contribution in [1.29, 1.82) is 0 Å². The lowest BCUT2D eigenvalue weighted by Gasteiger charge is -2.36. The Morgan fingerprint density at radius 3 is 2.19 bits per heavy atom. The van der Waals surface area contributed by atoms with E-state index in [9.17, 15) is 9.59 Å². The molecule has 3 aromatic carbocycles. The van der Waals surface area contributed by atoms with Gasteiger partial charge in [-0.25, -0.2) is 4.98 Å². The maximum Gasteiger partial charge on any atom is 0.277 e. The molecule has 32 heavy (non-hydrogen) atoms. The SMILES string of the molecule is Cn1c(=O)c(-c2ccc(C(=O)N3CCN(c4ccccc4)CC3)cc2)nc2ccccc21. The Labute approximate surface area is 186 Å². The molecule has 0 spiro atoms. The number of hydrogen-bond acceptors (Lipinski definition) is 4. The summed E-state index contributed by atoms with van der Waals surface area (Å²) in [5.41, 5.74) is 4.32. The molecule has 6 heteroatoms. The fourth-order valence-corrected chi connectivity index (χ4v) is 4.23. The zero-order valence-electron chi connectivity index (χ0n) is 17.9. The van der Waals surface area contributed by atoms with Gasteiger partial charge in [-0.3, -0.25) is 9.59 Å². The lowest BCUT2D eigenvalue weighted by molar-refractivity contribution is 0.0747. The fourth-order valence-electron chi connectivity index (χ4n) is 4.23. The number of para-hydroxylation sites is 3. The van der Waals surface area contributed by atoms with Crippen LogP contribution < -0.4 is 10.5 Å². The van der Waals surface area contributed by atoms with Gasteiger partial charge in [-0.1, -0.05) is 42.5 Å². The van der Waals surface area contributed by atoms with Gasteiger partial charge in [-0.05, 0) is 36.4 Å². The normalized spacial score (nSPS) is 14.0. The van der Waals surface area contributed by atoms with Crippen molar-refractivity contribution in [1.82, 2.24) is 14.5 Å². The first-order valence-electron chi connectivity index (χ1n) is 10.8. The standard InChI is InChI=1S/C26H24N4O2/c1-28-23-10-6-5-9-22(23)27-24(26(28)32)19-11-13-20(14-12-19)25(31)30-17-15-29(16-18-30)21-7-3-2-4-8-21/h2-14H,15-18H2,1H3. The number of benzene rings is 3. The summed E-state index contributed by atoms with van der Waals surface area (Å²) in [5, 5.41) is 0. The summed E-state index contributed by atoms with van der Waals surface area (Å²) < 4.78 is 1.61. The van der Waals surface area contributed by atoms with E-state index in [1.807, 2.05) is 59.5 Å². The van der Waals surface area contributed by atoms with Crippen molar-refractivity contribution in [2.45, 2.75) is 0 Å². The van der Waals surface area contributed by atoms with Crippen molar-refractivity contribution < 1.29 is 4.79 Å². The molecular formula is C26H24N4O2. The van der Waals surface area contributed by atoms with Gasteiger partial charge in [0.25, 0.3) is 11.5 Å². The predicted molar refractivity (Wildman–Crippen MR) is 127 cm³/mol. The Morgan fingerprint density at radius 1 is 0.812 bits per heavy atom. The summed E-state index contributed by atoms with van der Waals surface area (Å²) in [6.45, 7) is 2.99. The van der Waals surface area contributed by atoms with Crippen molar-refractivity contribution in [3.05, 3.63) is 94.8 Å². The lowest BCUT2D eigenvalue weighted by atomic mass is 10.1. The first-order valence-corrected chi connectivity index (χ1v) is 10.8. The highest BCUT2D eigenvalue weighted by molar-refractivity contribution is 5.95. The van der Waals surface area contributed by atoms with Crippen LogP contribution in [0, 0.1) is 0 Å². The minimum absolute atomic E-state index is 0.0173. The van der Waals surface area contributed by atoms with Crippen molar-refractivity contribution in [3.63, 3.8) is 0 Å². The van der Waals surface area contributed by atoms with Gasteiger partial charge in [0.15, 0.2) is 0 Å². The van der Waals surface area contributed by atoms with Crippen LogP contribution >= 0.6 is 0 Å². The van der Waals surface area contributed by atoms with Crippen molar-refractivity contribution >= 4 is 22.6 Å².